The Morgan fingerprint density at radius 3 is 2.62 bits per heavy atom. The summed E-state index contributed by atoms with van der Waals surface area (Å²) in [6, 6.07) is 18.8. The first-order chi connectivity index (χ1) is 10.3. The zero-order chi connectivity index (χ0) is 14.7. The number of nitrogens with two attached hydrogens (primary N) is 1. The summed E-state index contributed by atoms with van der Waals surface area (Å²) in [5.74, 6) is 7.62. The number of rotatable bonds is 5. The van der Waals surface area contributed by atoms with E-state index in [0.29, 0.717) is 0 Å². The minimum Gasteiger partial charge on any atom is -0.464 e. The van der Waals surface area contributed by atoms with Gasteiger partial charge in [0.2, 0.25) is 0 Å². The van der Waals surface area contributed by atoms with Crippen LogP contribution in [0, 0.1) is 0 Å². The van der Waals surface area contributed by atoms with Gasteiger partial charge in [0.15, 0.2) is 0 Å². The van der Waals surface area contributed by atoms with E-state index in [1.165, 1.54) is 16.3 Å². The maximum absolute atomic E-state index is 5.83. The van der Waals surface area contributed by atoms with Gasteiger partial charge in [-0.15, -0.1) is 0 Å². The highest BCUT2D eigenvalue weighted by Gasteiger charge is 2.15. The highest BCUT2D eigenvalue weighted by Crippen LogP contribution is 2.25. The third kappa shape index (κ3) is 2.84. The number of benzene rings is 2. The van der Waals surface area contributed by atoms with Crippen molar-refractivity contribution in [2.45, 2.75) is 25.8 Å². The smallest absolute Gasteiger partial charge is 0.122 e. The van der Waals surface area contributed by atoms with E-state index in [9.17, 15) is 0 Å². The zero-order valence-corrected chi connectivity index (χ0v) is 12.2. The molecule has 0 aliphatic rings. The van der Waals surface area contributed by atoms with E-state index in [4.69, 9.17) is 10.3 Å². The molecule has 1 atom stereocenters. The molecule has 21 heavy (non-hydrogen) atoms. The van der Waals surface area contributed by atoms with Crippen molar-refractivity contribution in [2.24, 2.45) is 5.84 Å². The second kappa shape index (κ2) is 6.12. The van der Waals surface area contributed by atoms with E-state index in [0.717, 1.165) is 24.4 Å². The molecule has 0 bridgehead atoms. The summed E-state index contributed by atoms with van der Waals surface area (Å²) >= 11 is 0. The Hall–Kier alpha value is -2.10. The topological polar surface area (TPSA) is 51.2 Å². The summed E-state index contributed by atoms with van der Waals surface area (Å²) < 4.78 is 5.83. The van der Waals surface area contributed by atoms with Crippen molar-refractivity contribution in [1.29, 1.82) is 0 Å². The maximum Gasteiger partial charge on any atom is 0.122 e. The van der Waals surface area contributed by atoms with Gasteiger partial charge in [0, 0.05) is 6.42 Å². The standard InChI is InChI=1S/C18H20N2O/c1-2-15-10-11-18(21-15)17(20-19)12-14-8-5-7-13-6-3-4-9-16(13)14/h3-11,17,20H,2,12,19H2,1H3. The summed E-state index contributed by atoms with van der Waals surface area (Å²) in [5, 5.41) is 2.52. The van der Waals surface area contributed by atoms with Gasteiger partial charge in [-0.1, -0.05) is 49.4 Å². The van der Waals surface area contributed by atoms with Crippen LogP contribution in [0.2, 0.25) is 0 Å². The molecule has 108 valence electrons. The van der Waals surface area contributed by atoms with E-state index >= 15 is 0 Å². The molecule has 0 amide bonds. The van der Waals surface area contributed by atoms with E-state index in [1.54, 1.807) is 0 Å². The lowest BCUT2D eigenvalue weighted by Gasteiger charge is -2.15. The van der Waals surface area contributed by atoms with Crippen molar-refractivity contribution < 1.29 is 4.42 Å². The van der Waals surface area contributed by atoms with Crippen molar-refractivity contribution in [3.63, 3.8) is 0 Å². The molecule has 1 heterocycles. The van der Waals surface area contributed by atoms with Gasteiger partial charge in [0.1, 0.15) is 11.5 Å². The van der Waals surface area contributed by atoms with Gasteiger partial charge >= 0.3 is 0 Å². The summed E-state index contributed by atoms with van der Waals surface area (Å²) in [5.41, 5.74) is 4.14. The predicted octanol–water partition coefficient (Wildman–Crippen LogP) is 3.74. The highest BCUT2D eigenvalue weighted by molar-refractivity contribution is 5.85. The normalized spacial score (nSPS) is 12.7. The third-order valence-corrected chi connectivity index (χ3v) is 3.88. The van der Waals surface area contributed by atoms with Crippen molar-refractivity contribution in [1.82, 2.24) is 5.43 Å². The third-order valence-electron chi connectivity index (χ3n) is 3.88. The van der Waals surface area contributed by atoms with E-state index in [-0.39, 0.29) is 6.04 Å². The lowest BCUT2D eigenvalue weighted by molar-refractivity contribution is 0.397. The monoisotopic (exact) mass is 280 g/mol. The second-order valence-electron chi connectivity index (χ2n) is 5.22. The number of hydrogen-bond acceptors (Lipinski definition) is 3. The quantitative estimate of drug-likeness (QED) is 0.553. The van der Waals surface area contributed by atoms with Gasteiger partial charge in [-0.05, 0) is 34.9 Å². The Bertz CT molecular complexity index is 727. The molecule has 1 unspecified atom stereocenters. The number of hydrazine groups is 1. The average molecular weight is 280 g/mol. The molecule has 3 aromatic rings. The van der Waals surface area contributed by atoms with Gasteiger partial charge in [0.05, 0.1) is 6.04 Å². The van der Waals surface area contributed by atoms with Gasteiger partial charge < -0.3 is 4.42 Å². The molecule has 0 saturated heterocycles. The molecule has 3 rings (SSSR count). The zero-order valence-electron chi connectivity index (χ0n) is 12.2. The van der Waals surface area contributed by atoms with Gasteiger partial charge in [-0.2, -0.15) is 0 Å². The summed E-state index contributed by atoms with van der Waals surface area (Å²) in [7, 11) is 0. The van der Waals surface area contributed by atoms with Crippen LogP contribution in [-0.4, -0.2) is 0 Å². The van der Waals surface area contributed by atoms with Crippen LogP contribution in [-0.2, 0) is 12.8 Å². The fraction of sp³-hybridized carbons (Fsp3) is 0.222. The first kappa shape index (κ1) is 13.9. The molecule has 0 aliphatic heterocycles. The second-order valence-corrected chi connectivity index (χ2v) is 5.22. The number of furan rings is 1. The van der Waals surface area contributed by atoms with Crippen LogP contribution in [0.3, 0.4) is 0 Å². The van der Waals surface area contributed by atoms with Crippen LogP contribution in [0.15, 0.2) is 59.0 Å². The fourth-order valence-corrected chi connectivity index (χ4v) is 2.70. The van der Waals surface area contributed by atoms with Gasteiger partial charge in [-0.3, -0.25) is 5.84 Å². The first-order valence-corrected chi connectivity index (χ1v) is 7.33. The van der Waals surface area contributed by atoms with E-state index in [2.05, 4.69) is 54.8 Å². The van der Waals surface area contributed by atoms with Crippen molar-refractivity contribution in [2.75, 3.05) is 0 Å². The van der Waals surface area contributed by atoms with Crippen LogP contribution in [0.25, 0.3) is 10.8 Å². The van der Waals surface area contributed by atoms with Gasteiger partial charge in [0.25, 0.3) is 0 Å². The fourth-order valence-electron chi connectivity index (χ4n) is 2.70. The van der Waals surface area contributed by atoms with Crippen molar-refractivity contribution >= 4 is 10.8 Å². The lowest BCUT2D eigenvalue weighted by atomic mass is 9.98. The molecule has 1 aromatic heterocycles. The number of fused-ring (bicyclic) bond motifs is 1. The summed E-state index contributed by atoms with van der Waals surface area (Å²) in [6.07, 6.45) is 1.69. The molecule has 0 aliphatic carbocycles. The minimum atomic E-state index is -0.0175. The molecule has 0 saturated carbocycles. The molecule has 2 aromatic carbocycles. The Morgan fingerprint density at radius 1 is 1.05 bits per heavy atom. The Morgan fingerprint density at radius 2 is 1.86 bits per heavy atom. The molecule has 0 fully saturated rings. The molecule has 0 spiro atoms. The molecule has 3 N–H and O–H groups in total. The maximum atomic E-state index is 5.83. The van der Waals surface area contributed by atoms with Crippen LogP contribution >= 0.6 is 0 Å². The lowest BCUT2D eigenvalue weighted by Crippen LogP contribution is -2.29. The Balaban J connectivity index is 1.92. The predicted molar refractivity (Wildman–Crippen MR) is 85.8 cm³/mol. The molecular formula is C18H20N2O. The van der Waals surface area contributed by atoms with Crippen LogP contribution in [0.1, 0.15) is 30.0 Å². The van der Waals surface area contributed by atoms with Crippen LogP contribution in [0.4, 0.5) is 0 Å². The molecule has 3 heteroatoms. The van der Waals surface area contributed by atoms with Gasteiger partial charge in [-0.25, -0.2) is 5.43 Å². The summed E-state index contributed by atoms with van der Waals surface area (Å²) in [4.78, 5) is 0. The Labute approximate surface area is 124 Å². The SMILES string of the molecule is CCc1ccc(C(Cc2cccc3ccccc23)NN)o1. The number of hydrogen-bond donors (Lipinski definition) is 2. The number of aryl methyl sites for hydroxylation is 1. The van der Waals surface area contributed by atoms with Crippen LogP contribution in [0.5, 0.6) is 0 Å². The number of nitrogens with one attached hydrogen (secondary N) is 1. The van der Waals surface area contributed by atoms with Crippen molar-refractivity contribution in [3.05, 3.63) is 71.7 Å². The minimum absolute atomic E-state index is 0.0175. The van der Waals surface area contributed by atoms with Crippen molar-refractivity contribution in [3.8, 4) is 0 Å². The van der Waals surface area contributed by atoms with E-state index in [1.807, 2.05) is 12.1 Å². The Kier molecular flexibility index (Phi) is 4.04. The van der Waals surface area contributed by atoms with E-state index < -0.39 is 0 Å². The average Bonchev–Trinajstić information content (AvgIpc) is 3.01. The molecule has 0 radical (unpaired) electrons. The molecule has 3 nitrogen and oxygen atoms in total. The summed E-state index contributed by atoms with van der Waals surface area (Å²) in [6.45, 7) is 2.08. The largest absolute Gasteiger partial charge is 0.464 e. The highest BCUT2D eigenvalue weighted by atomic mass is 16.3. The van der Waals surface area contributed by atoms with Crippen LogP contribution < -0.4 is 11.3 Å². The molecular weight excluding hydrogens is 260 g/mol. The first-order valence-electron chi connectivity index (χ1n) is 7.33.